The van der Waals surface area contributed by atoms with Crippen LogP contribution in [0.5, 0.6) is 0 Å². The third kappa shape index (κ3) is 4.28. The first-order chi connectivity index (χ1) is 8.92. The fourth-order valence-corrected chi connectivity index (χ4v) is 3.09. The summed E-state index contributed by atoms with van der Waals surface area (Å²) in [6.45, 7) is 6.14. The van der Waals surface area contributed by atoms with Crippen molar-refractivity contribution in [3.8, 4) is 0 Å². The number of nitrogens with two attached hydrogens (primary N) is 1. The third-order valence-corrected chi connectivity index (χ3v) is 4.84. The molecule has 3 N–H and O–H groups in total. The summed E-state index contributed by atoms with van der Waals surface area (Å²) >= 11 is 0. The van der Waals surface area contributed by atoms with Crippen LogP contribution in [0.15, 0.2) is 23.1 Å². The van der Waals surface area contributed by atoms with Crippen LogP contribution in [-0.2, 0) is 16.6 Å². The van der Waals surface area contributed by atoms with Gasteiger partial charge >= 0.3 is 0 Å². The van der Waals surface area contributed by atoms with E-state index < -0.39 is 10.0 Å². The molecule has 0 aliphatic rings. The highest BCUT2D eigenvalue weighted by Crippen LogP contribution is 2.18. The third-order valence-electron chi connectivity index (χ3n) is 3.23. The SMILES string of the molecule is CCN(C)CCNS(=O)(=O)c1cccc(CN)c1C. The summed E-state index contributed by atoms with van der Waals surface area (Å²) in [4.78, 5) is 2.36. The van der Waals surface area contributed by atoms with E-state index in [1.165, 1.54) is 0 Å². The molecule has 0 heterocycles. The Bertz CT molecular complexity index is 515. The minimum atomic E-state index is -3.46. The number of hydrogen-bond donors (Lipinski definition) is 2. The minimum absolute atomic E-state index is 0.314. The molecule has 0 amide bonds. The lowest BCUT2D eigenvalue weighted by atomic mass is 10.1. The van der Waals surface area contributed by atoms with Crippen molar-refractivity contribution < 1.29 is 8.42 Å². The predicted octanol–water partition coefficient (Wildman–Crippen LogP) is 0.684. The van der Waals surface area contributed by atoms with Crippen LogP contribution >= 0.6 is 0 Å². The van der Waals surface area contributed by atoms with E-state index in [1.807, 2.05) is 24.9 Å². The van der Waals surface area contributed by atoms with Gasteiger partial charge in [0.15, 0.2) is 0 Å². The second-order valence-electron chi connectivity index (χ2n) is 4.54. The fraction of sp³-hybridized carbons (Fsp3) is 0.538. The van der Waals surface area contributed by atoms with E-state index in [4.69, 9.17) is 5.73 Å². The van der Waals surface area contributed by atoms with Crippen LogP contribution in [0.1, 0.15) is 18.1 Å². The number of hydrogen-bond acceptors (Lipinski definition) is 4. The maximum atomic E-state index is 12.2. The van der Waals surface area contributed by atoms with E-state index >= 15 is 0 Å². The smallest absolute Gasteiger partial charge is 0.240 e. The minimum Gasteiger partial charge on any atom is -0.326 e. The first-order valence-corrected chi connectivity index (χ1v) is 7.87. The molecule has 0 spiro atoms. The summed E-state index contributed by atoms with van der Waals surface area (Å²) < 4.78 is 27.1. The lowest BCUT2D eigenvalue weighted by Gasteiger charge is -2.15. The standard InChI is InChI=1S/C13H23N3O2S/c1-4-16(3)9-8-15-19(17,18)13-7-5-6-12(10-14)11(13)2/h5-7,15H,4,8-10,14H2,1-3H3. The van der Waals surface area contributed by atoms with E-state index in [0.29, 0.717) is 24.5 Å². The Hall–Kier alpha value is -0.950. The summed E-state index contributed by atoms with van der Waals surface area (Å²) in [5.74, 6) is 0. The van der Waals surface area contributed by atoms with E-state index in [2.05, 4.69) is 4.72 Å². The molecule has 0 aliphatic carbocycles. The molecule has 0 unspecified atom stereocenters. The van der Waals surface area contributed by atoms with Crippen molar-refractivity contribution in [1.29, 1.82) is 0 Å². The van der Waals surface area contributed by atoms with Gasteiger partial charge in [0.1, 0.15) is 0 Å². The lowest BCUT2D eigenvalue weighted by molar-refractivity contribution is 0.358. The van der Waals surface area contributed by atoms with Crippen LogP contribution in [0.3, 0.4) is 0 Å². The van der Waals surface area contributed by atoms with E-state index in [9.17, 15) is 8.42 Å². The molecule has 0 radical (unpaired) electrons. The average Bonchev–Trinajstić information content (AvgIpc) is 2.38. The molecule has 0 atom stereocenters. The van der Waals surface area contributed by atoms with Crippen LogP contribution in [0, 0.1) is 6.92 Å². The quantitative estimate of drug-likeness (QED) is 0.772. The Morgan fingerprint density at radius 2 is 2.05 bits per heavy atom. The molecule has 6 heteroatoms. The highest BCUT2D eigenvalue weighted by atomic mass is 32.2. The second kappa shape index (κ2) is 7.00. The van der Waals surface area contributed by atoms with Gasteiger partial charge in [-0.3, -0.25) is 0 Å². The molecule has 1 rings (SSSR count). The first kappa shape index (κ1) is 16.1. The molecule has 0 fully saturated rings. The summed E-state index contributed by atoms with van der Waals surface area (Å²) in [5.41, 5.74) is 7.18. The van der Waals surface area contributed by atoms with Crippen LogP contribution in [0.25, 0.3) is 0 Å². The highest BCUT2D eigenvalue weighted by Gasteiger charge is 2.17. The molecule has 108 valence electrons. The fourth-order valence-electron chi connectivity index (χ4n) is 1.78. The van der Waals surface area contributed by atoms with Gasteiger partial charge in [-0.25, -0.2) is 13.1 Å². The maximum Gasteiger partial charge on any atom is 0.240 e. The number of likely N-dealkylation sites (N-methyl/N-ethyl adjacent to an activating group) is 1. The van der Waals surface area contributed by atoms with Crippen molar-refractivity contribution in [3.63, 3.8) is 0 Å². The normalized spacial score (nSPS) is 12.1. The number of nitrogens with one attached hydrogen (secondary N) is 1. The molecule has 0 aromatic heterocycles. The summed E-state index contributed by atoms with van der Waals surface area (Å²) in [6.07, 6.45) is 0. The average molecular weight is 285 g/mol. The molecular formula is C13H23N3O2S. The zero-order chi connectivity index (χ0) is 14.5. The molecule has 0 saturated heterocycles. The number of benzene rings is 1. The van der Waals surface area contributed by atoms with Gasteiger partial charge in [-0.05, 0) is 37.7 Å². The maximum absolute atomic E-state index is 12.2. The number of nitrogens with zero attached hydrogens (tertiary/aromatic N) is 1. The van der Waals surface area contributed by atoms with Crippen molar-refractivity contribution in [1.82, 2.24) is 9.62 Å². The zero-order valence-corrected chi connectivity index (χ0v) is 12.6. The van der Waals surface area contributed by atoms with Gasteiger partial charge in [0.25, 0.3) is 0 Å². The Morgan fingerprint density at radius 1 is 1.37 bits per heavy atom. The van der Waals surface area contributed by atoms with E-state index in [0.717, 1.165) is 17.7 Å². The van der Waals surface area contributed by atoms with Gasteiger partial charge in [-0.15, -0.1) is 0 Å². The Labute approximate surface area is 115 Å². The van der Waals surface area contributed by atoms with Crippen molar-refractivity contribution >= 4 is 10.0 Å². The predicted molar refractivity (Wildman–Crippen MR) is 77.4 cm³/mol. The first-order valence-electron chi connectivity index (χ1n) is 6.39. The Morgan fingerprint density at radius 3 is 2.63 bits per heavy atom. The van der Waals surface area contributed by atoms with Gasteiger partial charge in [0, 0.05) is 19.6 Å². The summed E-state index contributed by atoms with van der Waals surface area (Å²) in [5, 5.41) is 0. The summed E-state index contributed by atoms with van der Waals surface area (Å²) in [7, 11) is -1.51. The summed E-state index contributed by atoms with van der Waals surface area (Å²) in [6, 6.07) is 5.18. The molecule has 0 bridgehead atoms. The van der Waals surface area contributed by atoms with E-state index in [-0.39, 0.29) is 0 Å². The Balaban J connectivity index is 2.83. The van der Waals surface area contributed by atoms with Gasteiger partial charge in [0.05, 0.1) is 4.90 Å². The van der Waals surface area contributed by atoms with Gasteiger partial charge in [-0.1, -0.05) is 19.1 Å². The van der Waals surface area contributed by atoms with Gasteiger partial charge in [-0.2, -0.15) is 0 Å². The topological polar surface area (TPSA) is 75.4 Å². The molecular weight excluding hydrogens is 262 g/mol. The molecule has 1 aromatic carbocycles. The van der Waals surface area contributed by atoms with Crippen molar-refractivity contribution in [2.45, 2.75) is 25.3 Å². The molecule has 1 aromatic rings. The van der Waals surface area contributed by atoms with Crippen molar-refractivity contribution in [3.05, 3.63) is 29.3 Å². The zero-order valence-electron chi connectivity index (χ0n) is 11.8. The second-order valence-corrected chi connectivity index (χ2v) is 6.27. The molecule has 5 nitrogen and oxygen atoms in total. The highest BCUT2D eigenvalue weighted by molar-refractivity contribution is 7.89. The largest absolute Gasteiger partial charge is 0.326 e. The van der Waals surface area contributed by atoms with Gasteiger partial charge < -0.3 is 10.6 Å². The lowest BCUT2D eigenvalue weighted by Crippen LogP contribution is -2.33. The van der Waals surface area contributed by atoms with Crippen molar-refractivity contribution in [2.24, 2.45) is 5.73 Å². The van der Waals surface area contributed by atoms with Crippen LogP contribution < -0.4 is 10.5 Å². The van der Waals surface area contributed by atoms with E-state index in [1.54, 1.807) is 19.1 Å². The molecule has 0 saturated carbocycles. The monoisotopic (exact) mass is 285 g/mol. The van der Waals surface area contributed by atoms with Gasteiger partial charge in [0.2, 0.25) is 10.0 Å². The Kier molecular flexibility index (Phi) is 5.93. The van der Waals surface area contributed by atoms with Crippen molar-refractivity contribution in [2.75, 3.05) is 26.7 Å². The van der Waals surface area contributed by atoms with Crippen LogP contribution in [0.2, 0.25) is 0 Å². The molecule has 0 aliphatic heterocycles. The van der Waals surface area contributed by atoms with Crippen LogP contribution in [0.4, 0.5) is 0 Å². The number of rotatable bonds is 7. The molecule has 19 heavy (non-hydrogen) atoms. The number of sulfonamides is 1. The van der Waals surface area contributed by atoms with Crippen LogP contribution in [-0.4, -0.2) is 40.0 Å².